The first-order chi connectivity index (χ1) is 9.86. The van der Waals surface area contributed by atoms with Gasteiger partial charge in [0.15, 0.2) is 11.5 Å². The van der Waals surface area contributed by atoms with Gasteiger partial charge < -0.3 is 20.5 Å². The lowest BCUT2D eigenvalue weighted by atomic mass is 10.1. The van der Waals surface area contributed by atoms with Crippen LogP contribution in [0.5, 0.6) is 11.5 Å². The average molecular weight is 276 g/mol. The van der Waals surface area contributed by atoms with Gasteiger partial charge in [-0.3, -0.25) is 0 Å². The molecule has 110 valence electrons. The van der Waals surface area contributed by atoms with Crippen LogP contribution in [0.2, 0.25) is 0 Å². The molecule has 1 unspecified atom stereocenters. The Morgan fingerprint density at radius 3 is 2.75 bits per heavy atom. The minimum absolute atomic E-state index is 0.200. The van der Waals surface area contributed by atoms with E-state index in [0.717, 1.165) is 43.6 Å². The molecule has 0 saturated heterocycles. The van der Waals surface area contributed by atoms with Crippen LogP contribution >= 0.6 is 0 Å². The summed E-state index contributed by atoms with van der Waals surface area (Å²) < 4.78 is 11.4. The summed E-state index contributed by atoms with van der Waals surface area (Å²) in [6.45, 7) is 3.09. The fraction of sp³-hybridized carbons (Fsp3) is 0.625. The summed E-state index contributed by atoms with van der Waals surface area (Å²) >= 11 is 0. The lowest BCUT2D eigenvalue weighted by Crippen LogP contribution is -2.29. The predicted molar refractivity (Wildman–Crippen MR) is 79.2 cm³/mol. The van der Waals surface area contributed by atoms with E-state index in [9.17, 15) is 0 Å². The zero-order valence-electron chi connectivity index (χ0n) is 11.9. The second-order valence-electron chi connectivity index (χ2n) is 5.73. The first-order valence-corrected chi connectivity index (χ1v) is 7.70. The van der Waals surface area contributed by atoms with Crippen molar-refractivity contribution in [2.75, 3.05) is 26.3 Å². The van der Waals surface area contributed by atoms with Gasteiger partial charge in [-0.2, -0.15) is 0 Å². The first kappa shape index (κ1) is 13.7. The van der Waals surface area contributed by atoms with Crippen LogP contribution in [0.25, 0.3) is 0 Å². The molecule has 4 heteroatoms. The van der Waals surface area contributed by atoms with Gasteiger partial charge in [-0.1, -0.05) is 18.9 Å². The average Bonchev–Trinajstić information content (AvgIpc) is 3.29. The van der Waals surface area contributed by atoms with Crippen LogP contribution in [-0.4, -0.2) is 26.3 Å². The first-order valence-electron chi connectivity index (χ1n) is 7.70. The Morgan fingerprint density at radius 2 is 2.00 bits per heavy atom. The molecule has 0 aromatic heterocycles. The molecule has 2 aliphatic rings. The third kappa shape index (κ3) is 3.44. The van der Waals surface area contributed by atoms with Crippen molar-refractivity contribution >= 4 is 0 Å². The second-order valence-corrected chi connectivity index (χ2v) is 5.73. The van der Waals surface area contributed by atoms with Gasteiger partial charge >= 0.3 is 0 Å². The molecule has 1 aliphatic heterocycles. The highest BCUT2D eigenvalue weighted by Gasteiger charge is 2.21. The summed E-state index contributed by atoms with van der Waals surface area (Å²) in [5.41, 5.74) is 7.10. The van der Waals surface area contributed by atoms with Crippen molar-refractivity contribution in [1.82, 2.24) is 5.32 Å². The van der Waals surface area contributed by atoms with Crippen molar-refractivity contribution in [1.29, 1.82) is 0 Å². The Balaban J connectivity index is 1.65. The molecule has 1 fully saturated rings. The smallest absolute Gasteiger partial charge is 0.161 e. The SMILES string of the molecule is NCC(NCCC1CC1)c1ccc2c(c1)OCCCO2. The van der Waals surface area contributed by atoms with E-state index in [-0.39, 0.29) is 6.04 Å². The van der Waals surface area contributed by atoms with E-state index in [0.29, 0.717) is 6.54 Å². The Kier molecular flexibility index (Phi) is 4.43. The molecule has 1 heterocycles. The summed E-state index contributed by atoms with van der Waals surface area (Å²) in [4.78, 5) is 0. The van der Waals surface area contributed by atoms with Gasteiger partial charge in [0, 0.05) is 19.0 Å². The zero-order valence-corrected chi connectivity index (χ0v) is 11.9. The standard InChI is InChI=1S/C16H24N2O2/c17-11-14(18-7-6-12-2-3-12)13-4-5-15-16(10-13)20-9-1-8-19-15/h4-5,10,12,14,18H,1-3,6-9,11,17H2. The molecule has 0 spiro atoms. The summed E-state index contributed by atoms with van der Waals surface area (Å²) in [6.07, 6.45) is 5.00. The second kappa shape index (κ2) is 6.46. The van der Waals surface area contributed by atoms with Gasteiger partial charge in [0.25, 0.3) is 0 Å². The van der Waals surface area contributed by atoms with E-state index in [1.807, 2.05) is 6.07 Å². The quantitative estimate of drug-likeness (QED) is 0.836. The van der Waals surface area contributed by atoms with Crippen LogP contribution in [0.3, 0.4) is 0 Å². The number of nitrogens with one attached hydrogen (secondary N) is 1. The van der Waals surface area contributed by atoms with Crippen LogP contribution in [0.4, 0.5) is 0 Å². The molecule has 1 aromatic carbocycles. The van der Waals surface area contributed by atoms with Crippen LogP contribution < -0.4 is 20.5 Å². The van der Waals surface area contributed by atoms with E-state index in [4.69, 9.17) is 15.2 Å². The number of nitrogens with two attached hydrogens (primary N) is 1. The molecular formula is C16H24N2O2. The van der Waals surface area contributed by atoms with E-state index in [1.165, 1.54) is 24.8 Å². The van der Waals surface area contributed by atoms with Gasteiger partial charge in [-0.25, -0.2) is 0 Å². The predicted octanol–water partition coefficient (Wildman–Crippen LogP) is 2.24. The van der Waals surface area contributed by atoms with Crippen LogP contribution in [0.1, 0.15) is 37.3 Å². The molecule has 4 nitrogen and oxygen atoms in total. The maximum atomic E-state index is 5.91. The molecule has 0 bridgehead atoms. The molecule has 0 radical (unpaired) electrons. The van der Waals surface area contributed by atoms with E-state index < -0.39 is 0 Å². The van der Waals surface area contributed by atoms with Crippen molar-refractivity contribution < 1.29 is 9.47 Å². The molecule has 1 atom stereocenters. The Bertz CT molecular complexity index is 446. The highest BCUT2D eigenvalue weighted by atomic mass is 16.5. The molecule has 20 heavy (non-hydrogen) atoms. The van der Waals surface area contributed by atoms with Gasteiger partial charge in [0.05, 0.1) is 13.2 Å². The maximum absolute atomic E-state index is 5.91. The van der Waals surface area contributed by atoms with E-state index in [2.05, 4.69) is 17.4 Å². The van der Waals surface area contributed by atoms with Crippen molar-refractivity contribution in [2.24, 2.45) is 11.7 Å². The molecule has 3 N–H and O–H groups in total. The monoisotopic (exact) mass is 276 g/mol. The lowest BCUT2D eigenvalue weighted by molar-refractivity contribution is 0.297. The van der Waals surface area contributed by atoms with E-state index >= 15 is 0 Å². The number of benzene rings is 1. The van der Waals surface area contributed by atoms with Gasteiger partial charge in [-0.05, 0) is 36.6 Å². The Labute approximate surface area is 120 Å². The van der Waals surface area contributed by atoms with Crippen LogP contribution in [-0.2, 0) is 0 Å². The van der Waals surface area contributed by atoms with Crippen molar-refractivity contribution in [3.05, 3.63) is 23.8 Å². The summed E-state index contributed by atoms with van der Waals surface area (Å²) in [5.74, 6) is 2.65. The maximum Gasteiger partial charge on any atom is 0.161 e. The summed E-state index contributed by atoms with van der Waals surface area (Å²) in [5, 5.41) is 3.56. The number of fused-ring (bicyclic) bond motifs is 1. The van der Waals surface area contributed by atoms with Gasteiger partial charge in [0.2, 0.25) is 0 Å². The normalized spacial score (nSPS) is 19.4. The van der Waals surface area contributed by atoms with Crippen LogP contribution in [0.15, 0.2) is 18.2 Å². The third-order valence-electron chi connectivity index (χ3n) is 4.05. The van der Waals surface area contributed by atoms with Crippen molar-refractivity contribution in [3.63, 3.8) is 0 Å². The topological polar surface area (TPSA) is 56.5 Å². The molecule has 1 saturated carbocycles. The lowest BCUT2D eigenvalue weighted by Gasteiger charge is -2.19. The van der Waals surface area contributed by atoms with Gasteiger partial charge in [-0.15, -0.1) is 0 Å². The van der Waals surface area contributed by atoms with E-state index in [1.54, 1.807) is 0 Å². The third-order valence-corrected chi connectivity index (χ3v) is 4.05. The molecular weight excluding hydrogens is 252 g/mol. The summed E-state index contributed by atoms with van der Waals surface area (Å²) in [6, 6.07) is 6.37. The fourth-order valence-corrected chi connectivity index (χ4v) is 2.60. The Morgan fingerprint density at radius 1 is 1.20 bits per heavy atom. The highest BCUT2D eigenvalue weighted by Crippen LogP contribution is 2.33. The summed E-state index contributed by atoms with van der Waals surface area (Å²) in [7, 11) is 0. The number of rotatable bonds is 6. The largest absolute Gasteiger partial charge is 0.490 e. The molecule has 0 amide bonds. The number of ether oxygens (including phenoxy) is 2. The van der Waals surface area contributed by atoms with Crippen LogP contribution in [0, 0.1) is 5.92 Å². The molecule has 1 aliphatic carbocycles. The highest BCUT2D eigenvalue weighted by molar-refractivity contribution is 5.44. The van der Waals surface area contributed by atoms with Crippen molar-refractivity contribution in [2.45, 2.75) is 31.7 Å². The van der Waals surface area contributed by atoms with Crippen molar-refractivity contribution in [3.8, 4) is 11.5 Å². The molecule has 3 rings (SSSR count). The Hall–Kier alpha value is -1.26. The minimum Gasteiger partial charge on any atom is -0.490 e. The number of hydrogen-bond acceptors (Lipinski definition) is 4. The minimum atomic E-state index is 0.200. The zero-order chi connectivity index (χ0) is 13.8. The van der Waals surface area contributed by atoms with Gasteiger partial charge in [0.1, 0.15) is 0 Å². The molecule has 1 aromatic rings. The number of hydrogen-bond donors (Lipinski definition) is 2. The fourth-order valence-electron chi connectivity index (χ4n) is 2.60.